The summed E-state index contributed by atoms with van der Waals surface area (Å²) in [7, 11) is 0. The fourth-order valence-electron chi connectivity index (χ4n) is 5.14. The molecule has 4 aromatic rings. The van der Waals surface area contributed by atoms with Crippen molar-refractivity contribution in [2.75, 3.05) is 19.9 Å². The third-order valence-electron chi connectivity index (χ3n) is 7.72. The third-order valence-corrected chi connectivity index (χ3v) is 7.72. The van der Waals surface area contributed by atoms with Gasteiger partial charge in [-0.1, -0.05) is 72.7 Å². The summed E-state index contributed by atoms with van der Waals surface area (Å²) in [5.41, 5.74) is 1.75. The highest BCUT2D eigenvalue weighted by Gasteiger charge is 2.49. The summed E-state index contributed by atoms with van der Waals surface area (Å²) in [4.78, 5) is 42.7. The fourth-order valence-corrected chi connectivity index (χ4v) is 5.14. The van der Waals surface area contributed by atoms with E-state index in [2.05, 4.69) is 15.0 Å². The molecule has 1 saturated heterocycles. The molecule has 0 amide bonds. The normalized spacial score (nSPS) is 14.6. The van der Waals surface area contributed by atoms with Gasteiger partial charge in [0.2, 0.25) is 12.6 Å². The molecule has 1 N–H and O–H groups in total. The van der Waals surface area contributed by atoms with Crippen LogP contribution in [0.1, 0.15) is 38.2 Å². The van der Waals surface area contributed by atoms with Crippen LogP contribution in [0.15, 0.2) is 77.3 Å². The van der Waals surface area contributed by atoms with Gasteiger partial charge in [0.05, 0.1) is 0 Å². The number of likely N-dealkylation sites (tertiary alicyclic amines) is 1. The topological polar surface area (TPSA) is 132 Å². The van der Waals surface area contributed by atoms with Crippen LogP contribution in [0.4, 0.5) is 4.39 Å². The van der Waals surface area contributed by atoms with Crippen LogP contribution in [-0.2, 0) is 30.4 Å². The van der Waals surface area contributed by atoms with Crippen molar-refractivity contribution < 1.29 is 37.9 Å². The van der Waals surface area contributed by atoms with Crippen LogP contribution in [0.5, 0.6) is 0 Å². The number of piperidine rings is 1. The average molecular weight is 602 g/mol. The van der Waals surface area contributed by atoms with Gasteiger partial charge in [-0.2, -0.15) is 4.98 Å². The van der Waals surface area contributed by atoms with E-state index in [0.29, 0.717) is 43.0 Å². The third kappa shape index (κ3) is 6.84. The SMILES string of the molecule is CCCC(=O)OCOC(=O)C1(C(=O)O)CCN(Cc2ccc(-c3noc(-c4ccc(-c5ccccc5)c(F)c4)n3)cc2)CC1. The number of aliphatic carboxylic acids is 1. The first-order chi connectivity index (χ1) is 21.3. The maximum absolute atomic E-state index is 14.8. The van der Waals surface area contributed by atoms with Crippen molar-refractivity contribution in [1.82, 2.24) is 15.0 Å². The van der Waals surface area contributed by atoms with Crippen LogP contribution in [0.25, 0.3) is 34.0 Å². The predicted octanol–water partition coefficient (Wildman–Crippen LogP) is 5.72. The Kier molecular flexibility index (Phi) is 9.44. The molecule has 11 heteroatoms. The Labute approximate surface area is 253 Å². The Morgan fingerprint density at radius 2 is 1.66 bits per heavy atom. The number of rotatable bonds is 11. The van der Waals surface area contributed by atoms with Gasteiger partial charge in [-0.15, -0.1) is 0 Å². The van der Waals surface area contributed by atoms with Crippen molar-refractivity contribution in [1.29, 1.82) is 0 Å². The van der Waals surface area contributed by atoms with Crippen LogP contribution < -0.4 is 0 Å². The maximum atomic E-state index is 14.8. The molecule has 0 bridgehead atoms. The van der Waals surface area contributed by atoms with E-state index in [1.54, 1.807) is 12.1 Å². The quantitative estimate of drug-likeness (QED) is 0.129. The summed E-state index contributed by atoms with van der Waals surface area (Å²) in [5, 5.41) is 13.9. The molecule has 0 unspecified atom stereocenters. The number of carboxylic acid groups (broad SMARTS) is 1. The van der Waals surface area contributed by atoms with Crippen LogP contribution >= 0.6 is 0 Å². The lowest BCUT2D eigenvalue weighted by Crippen LogP contribution is -2.49. The summed E-state index contributed by atoms with van der Waals surface area (Å²) in [6.07, 6.45) is 0.926. The monoisotopic (exact) mass is 601 g/mol. The molecule has 44 heavy (non-hydrogen) atoms. The highest BCUT2D eigenvalue weighted by Crippen LogP contribution is 2.34. The second-order valence-corrected chi connectivity index (χ2v) is 10.7. The molecule has 228 valence electrons. The smallest absolute Gasteiger partial charge is 0.326 e. The predicted molar refractivity (Wildman–Crippen MR) is 157 cm³/mol. The number of esters is 2. The molecule has 3 aromatic carbocycles. The van der Waals surface area contributed by atoms with Crippen LogP contribution in [-0.4, -0.2) is 57.9 Å². The standard InChI is InChI=1S/C33H32FN3O7/c1-2-6-28(38)42-21-43-32(41)33(31(39)40)15-17-37(18-16-33)20-22-9-11-24(12-10-22)29-35-30(44-36-29)25-13-14-26(27(34)19-25)23-7-4-3-5-8-23/h3-5,7-14,19H,2,6,15-18,20-21H2,1H3,(H,39,40). The van der Waals surface area contributed by atoms with Crippen molar-refractivity contribution in [3.05, 3.63) is 84.2 Å². The number of ether oxygens (including phenoxy) is 2. The van der Waals surface area contributed by atoms with E-state index in [-0.39, 0.29) is 31.0 Å². The van der Waals surface area contributed by atoms with Gasteiger partial charge in [0, 0.05) is 42.7 Å². The van der Waals surface area contributed by atoms with Gasteiger partial charge in [0.1, 0.15) is 5.82 Å². The van der Waals surface area contributed by atoms with Gasteiger partial charge in [-0.25, -0.2) is 4.39 Å². The minimum absolute atomic E-state index is 0.0702. The zero-order chi connectivity index (χ0) is 31.1. The first kappa shape index (κ1) is 30.6. The van der Waals surface area contributed by atoms with E-state index in [0.717, 1.165) is 16.7 Å². The number of hydrogen-bond donors (Lipinski definition) is 1. The van der Waals surface area contributed by atoms with Crippen LogP contribution in [0, 0.1) is 11.2 Å². The van der Waals surface area contributed by atoms with Crippen molar-refractivity contribution >= 4 is 17.9 Å². The molecule has 1 aliphatic heterocycles. The molecular weight excluding hydrogens is 569 g/mol. The number of halogens is 1. The lowest BCUT2D eigenvalue weighted by atomic mass is 9.78. The number of aromatic nitrogens is 2. The Bertz CT molecular complexity index is 1610. The maximum Gasteiger partial charge on any atom is 0.326 e. The summed E-state index contributed by atoms with van der Waals surface area (Å²) < 4.78 is 30.1. The van der Waals surface area contributed by atoms with Crippen molar-refractivity contribution in [3.63, 3.8) is 0 Å². The minimum atomic E-state index is -1.68. The van der Waals surface area contributed by atoms with Crippen molar-refractivity contribution in [3.8, 4) is 34.0 Å². The molecule has 1 aliphatic rings. The molecule has 10 nitrogen and oxygen atoms in total. The highest BCUT2D eigenvalue weighted by atomic mass is 19.1. The minimum Gasteiger partial charge on any atom is -0.480 e. The molecule has 0 atom stereocenters. The summed E-state index contributed by atoms with van der Waals surface area (Å²) in [6.45, 7) is 2.50. The zero-order valence-electron chi connectivity index (χ0n) is 24.2. The summed E-state index contributed by atoms with van der Waals surface area (Å²) >= 11 is 0. The number of carbonyl (C=O) groups is 3. The van der Waals surface area contributed by atoms with E-state index in [4.69, 9.17) is 14.0 Å². The Morgan fingerprint density at radius 1 is 0.955 bits per heavy atom. The van der Waals surface area contributed by atoms with Gasteiger partial charge < -0.3 is 19.1 Å². The molecule has 0 spiro atoms. The fraction of sp³-hybridized carbons (Fsp3) is 0.303. The number of nitrogens with zero attached hydrogens (tertiary/aromatic N) is 3. The Morgan fingerprint density at radius 3 is 2.32 bits per heavy atom. The Balaban J connectivity index is 1.17. The van der Waals surface area contributed by atoms with E-state index >= 15 is 0 Å². The van der Waals surface area contributed by atoms with E-state index in [9.17, 15) is 23.9 Å². The summed E-state index contributed by atoms with van der Waals surface area (Å²) in [5.74, 6) is -2.47. The molecule has 5 rings (SSSR count). The van der Waals surface area contributed by atoms with Crippen molar-refractivity contribution in [2.24, 2.45) is 5.41 Å². The van der Waals surface area contributed by atoms with Crippen molar-refractivity contribution in [2.45, 2.75) is 39.2 Å². The molecule has 2 heterocycles. The van der Waals surface area contributed by atoms with Gasteiger partial charge in [0.25, 0.3) is 5.89 Å². The lowest BCUT2D eigenvalue weighted by Gasteiger charge is -2.36. The van der Waals surface area contributed by atoms with Gasteiger partial charge in [-0.3, -0.25) is 19.3 Å². The van der Waals surface area contributed by atoms with Crippen LogP contribution in [0.2, 0.25) is 0 Å². The average Bonchev–Trinajstić information content (AvgIpc) is 3.53. The Hall–Kier alpha value is -4.90. The van der Waals surface area contributed by atoms with Gasteiger partial charge in [0.15, 0.2) is 5.41 Å². The van der Waals surface area contributed by atoms with E-state index in [1.807, 2.05) is 61.5 Å². The highest BCUT2D eigenvalue weighted by molar-refractivity contribution is 5.99. The molecule has 0 saturated carbocycles. The van der Waals surface area contributed by atoms with Crippen LogP contribution in [0.3, 0.4) is 0 Å². The summed E-state index contributed by atoms with van der Waals surface area (Å²) in [6, 6.07) is 21.6. The first-order valence-corrected chi connectivity index (χ1v) is 14.4. The molecule has 1 fully saturated rings. The molecule has 0 aliphatic carbocycles. The molecule has 1 aromatic heterocycles. The molecule has 0 radical (unpaired) electrons. The first-order valence-electron chi connectivity index (χ1n) is 14.4. The second-order valence-electron chi connectivity index (χ2n) is 10.7. The number of benzene rings is 3. The largest absolute Gasteiger partial charge is 0.480 e. The lowest BCUT2D eigenvalue weighted by molar-refractivity contribution is -0.183. The van der Waals surface area contributed by atoms with Gasteiger partial charge in [-0.05, 0) is 42.5 Å². The van der Waals surface area contributed by atoms with Gasteiger partial charge >= 0.3 is 17.9 Å². The number of hydrogen-bond acceptors (Lipinski definition) is 9. The number of carbonyl (C=O) groups excluding carboxylic acids is 2. The molecular formula is C33H32FN3O7. The van der Waals surface area contributed by atoms with E-state index < -0.39 is 30.1 Å². The number of carboxylic acids is 1. The second kappa shape index (κ2) is 13.6. The zero-order valence-corrected chi connectivity index (χ0v) is 24.2. The van der Waals surface area contributed by atoms with E-state index in [1.165, 1.54) is 6.07 Å².